The van der Waals surface area contributed by atoms with E-state index in [2.05, 4.69) is 10.2 Å². The van der Waals surface area contributed by atoms with Crippen LogP contribution >= 0.6 is 12.2 Å². The molecule has 0 bridgehead atoms. The van der Waals surface area contributed by atoms with E-state index in [-0.39, 0.29) is 6.61 Å². The van der Waals surface area contributed by atoms with Gasteiger partial charge in [0.25, 0.3) is 0 Å². The lowest BCUT2D eigenvalue weighted by molar-refractivity contribution is 0.162. The molecule has 21 heavy (non-hydrogen) atoms. The maximum atomic E-state index is 9.29. The molecule has 5 nitrogen and oxygen atoms in total. The molecule has 2 rings (SSSR count). The van der Waals surface area contributed by atoms with Gasteiger partial charge in [-0.1, -0.05) is 0 Å². The zero-order valence-electron chi connectivity index (χ0n) is 12.5. The molecule has 2 N–H and O–H groups in total. The Kier molecular flexibility index (Phi) is 5.64. The number of thiocarbonyl (C=S) groups is 1. The van der Waals surface area contributed by atoms with Crippen LogP contribution in [-0.4, -0.2) is 49.0 Å². The molecule has 0 radical (unpaired) electrons. The second-order valence-electron chi connectivity index (χ2n) is 5.17. The first-order chi connectivity index (χ1) is 10.2. The van der Waals surface area contributed by atoms with Crippen molar-refractivity contribution in [2.45, 2.75) is 12.8 Å². The number of hydrogen-bond donors (Lipinski definition) is 2. The van der Waals surface area contributed by atoms with Crippen LogP contribution in [-0.2, 0) is 0 Å². The molecule has 1 aromatic rings. The van der Waals surface area contributed by atoms with Gasteiger partial charge < -0.3 is 24.8 Å². The van der Waals surface area contributed by atoms with Gasteiger partial charge in [-0.15, -0.1) is 0 Å². The highest BCUT2D eigenvalue weighted by Crippen LogP contribution is 2.26. The number of ether oxygens (including phenoxy) is 2. The van der Waals surface area contributed by atoms with Gasteiger partial charge in [-0.3, -0.25) is 0 Å². The smallest absolute Gasteiger partial charge is 0.173 e. The monoisotopic (exact) mass is 310 g/mol. The number of rotatable bonds is 4. The fourth-order valence-electron chi connectivity index (χ4n) is 2.48. The van der Waals surface area contributed by atoms with Crippen LogP contribution in [0.4, 0.5) is 5.69 Å². The van der Waals surface area contributed by atoms with E-state index in [1.807, 2.05) is 18.2 Å². The summed E-state index contributed by atoms with van der Waals surface area (Å²) in [6.07, 6.45) is 2.11. The van der Waals surface area contributed by atoms with Crippen molar-refractivity contribution in [1.82, 2.24) is 4.90 Å². The summed E-state index contributed by atoms with van der Waals surface area (Å²) in [5, 5.41) is 13.2. The third kappa shape index (κ3) is 4.22. The molecule has 0 spiro atoms. The lowest BCUT2D eigenvalue weighted by Crippen LogP contribution is -2.43. The van der Waals surface area contributed by atoms with Gasteiger partial charge in [0, 0.05) is 43.6 Å². The lowest BCUT2D eigenvalue weighted by atomic mass is 9.99. The number of piperidine rings is 1. The van der Waals surface area contributed by atoms with Crippen molar-refractivity contribution >= 4 is 23.0 Å². The molecule has 0 aliphatic carbocycles. The topological polar surface area (TPSA) is 54.0 Å². The Bertz CT molecular complexity index is 474. The molecule has 1 aliphatic rings. The van der Waals surface area contributed by atoms with Gasteiger partial charge in [-0.25, -0.2) is 0 Å². The molecule has 0 amide bonds. The fraction of sp³-hybridized carbons (Fsp3) is 0.533. The lowest BCUT2D eigenvalue weighted by Gasteiger charge is -2.33. The molecule has 1 aliphatic heterocycles. The summed E-state index contributed by atoms with van der Waals surface area (Å²) in [5.74, 6) is 1.73. The molecule has 0 aromatic heterocycles. The molecule has 116 valence electrons. The summed E-state index contributed by atoms with van der Waals surface area (Å²) in [4.78, 5) is 2.10. The van der Waals surface area contributed by atoms with E-state index >= 15 is 0 Å². The molecular formula is C15H22N2O3S. The van der Waals surface area contributed by atoms with Crippen molar-refractivity contribution in [3.05, 3.63) is 18.2 Å². The third-order valence-electron chi connectivity index (χ3n) is 3.67. The average Bonchev–Trinajstić information content (AvgIpc) is 2.54. The third-order valence-corrected chi connectivity index (χ3v) is 4.03. The van der Waals surface area contributed by atoms with Gasteiger partial charge >= 0.3 is 0 Å². The Balaban J connectivity index is 2.05. The Labute approximate surface area is 130 Å². The van der Waals surface area contributed by atoms with Gasteiger partial charge in [0.05, 0.1) is 14.2 Å². The Morgan fingerprint density at radius 1 is 1.33 bits per heavy atom. The first-order valence-electron chi connectivity index (χ1n) is 7.06. The predicted octanol–water partition coefficient (Wildman–Crippen LogP) is 2.10. The normalized spacial score (nSPS) is 18.2. The van der Waals surface area contributed by atoms with E-state index in [0.29, 0.717) is 22.5 Å². The number of likely N-dealkylation sites (tertiary alicyclic amines) is 1. The number of hydrogen-bond acceptors (Lipinski definition) is 4. The summed E-state index contributed by atoms with van der Waals surface area (Å²) in [6.45, 7) is 1.93. The van der Waals surface area contributed by atoms with Crippen molar-refractivity contribution in [3.8, 4) is 11.5 Å². The van der Waals surface area contributed by atoms with Gasteiger partial charge in [-0.05, 0) is 31.0 Å². The minimum absolute atomic E-state index is 0.214. The van der Waals surface area contributed by atoms with Crippen LogP contribution in [0.1, 0.15) is 12.8 Å². The fourth-order valence-corrected chi connectivity index (χ4v) is 2.76. The zero-order valence-corrected chi connectivity index (χ0v) is 13.3. The number of methoxy groups -OCH3 is 2. The molecule has 1 atom stereocenters. The van der Waals surface area contributed by atoms with Crippen molar-refractivity contribution in [3.63, 3.8) is 0 Å². The average molecular weight is 310 g/mol. The molecular weight excluding hydrogens is 288 g/mol. The SMILES string of the molecule is COc1cc(NC(=S)N2CCC[C@@H](CO)C2)cc(OC)c1. The van der Waals surface area contributed by atoms with E-state index in [1.54, 1.807) is 14.2 Å². The van der Waals surface area contributed by atoms with Gasteiger partial charge in [0.1, 0.15) is 11.5 Å². The molecule has 1 saturated heterocycles. The number of aliphatic hydroxyl groups is 1. The highest BCUT2D eigenvalue weighted by atomic mass is 32.1. The van der Waals surface area contributed by atoms with Crippen LogP contribution in [0.2, 0.25) is 0 Å². The van der Waals surface area contributed by atoms with Crippen LogP contribution in [0.15, 0.2) is 18.2 Å². The zero-order chi connectivity index (χ0) is 15.2. The summed E-state index contributed by atoms with van der Waals surface area (Å²) in [7, 11) is 3.24. The number of aliphatic hydroxyl groups excluding tert-OH is 1. The number of anilines is 1. The quantitative estimate of drug-likeness (QED) is 0.831. The summed E-state index contributed by atoms with van der Waals surface area (Å²) in [6, 6.07) is 5.57. The van der Waals surface area contributed by atoms with Crippen molar-refractivity contribution in [2.24, 2.45) is 5.92 Å². The van der Waals surface area contributed by atoms with E-state index in [4.69, 9.17) is 21.7 Å². The van der Waals surface area contributed by atoms with Crippen molar-refractivity contribution in [1.29, 1.82) is 0 Å². The van der Waals surface area contributed by atoms with E-state index in [1.165, 1.54) is 0 Å². The van der Waals surface area contributed by atoms with Crippen molar-refractivity contribution in [2.75, 3.05) is 39.2 Å². The molecule has 1 fully saturated rings. The highest BCUT2D eigenvalue weighted by Gasteiger charge is 2.21. The maximum absolute atomic E-state index is 9.29. The minimum atomic E-state index is 0.214. The first kappa shape index (κ1) is 15.9. The Hall–Kier alpha value is -1.53. The van der Waals surface area contributed by atoms with Gasteiger partial charge in [0.2, 0.25) is 0 Å². The van der Waals surface area contributed by atoms with Gasteiger partial charge in [0.15, 0.2) is 5.11 Å². The molecule has 0 unspecified atom stereocenters. The van der Waals surface area contributed by atoms with Crippen LogP contribution < -0.4 is 14.8 Å². The number of benzene rings is 1. The summed E-state index contributed by atoms with van der Waals surface area (Å²) < 4.78 is 10.5. The minimum Gasteiger partial charge on any atom is -0.497 e. The molecule has 0 saturated carbocycles. The Morgan fingerprint density at radius 3 is 2.57 bits per heavy atom. The highest BCUT2D eigenvalue weighted by molar-refractivity contribution is 7.80. The van der Waals surface area contributed by atoms with E-state index in [0.717, 1.165) is 31.6 Å². The first-order valence-corrected chi connectivity index (χ1v) is 7.47. The largest absolute Gasteiger partial charge is 0.497 e. The van der Waals surface area contributed by atoms with Crippen molar-refractivity contribution < 1.29 is 14.6 Å². The molecule has 1 aromatic carbocycles. The van der Waals surface area contributed by atoms with Crippen LogP contribution in [0.5, 0.6) is 11.5 Å². The maximum Gasteiger partial charge on any atom is 0.173 e. The van der Waals surface area contributed by atoms with Gasteiger partial charge in [-0.2, -0.15) is 0 Å². The predicted molar refractivity (Wildman–Crippen MR) is 87.1 cm³/mol. The van der Waals surface area contributed by atoms with E-state index < -0.39 is 0 Å². The Morgan fingerprint density at radius 2 is 2.00 bits per heavy atom. The molecule has 1 heterocycles. The van der Waals surface area contributed by atoms with Crippen LogP contribution in [0, 0.1) is 5.92 Å². The van der Waals surface area contributed by atoms with E-state index in [9.17, 15) is 5.11 Å². The standard InChI is InChI=1S/C15H22N2O3S/c1-19-13-6-12(7-14(8-13)20-2)16-15(21)17-5-3-4-11(9-17)10-18/h6-8,11,18H,3-5,9-10H2,1-2H3,(H,16,21)/t11-/m1/s1. The summed E-state index contributed by atoms with van der Waals surface area (Å²) >= 11 is 5.47. The van der Waals surface area contributed by atoms with Crippen LogP contribution in [0.3, 0.4) is 0 Å². The molecule has 6 heteroatoms. The second kappa shape index (κ2) is 7.47. The number of nitrogens with one attached hydrogen (secondary N) is 1. The number of nitrogens with zero attached hydrogens (tertiary/aromatic N) is 1. The second-order valence-corrected chi connectivity index (χ2v) is 5.56. The summed E-state index contributed by atoms with van der Waals surface area (Å²) in [5.41, 5.74) is 0.835. The van der Waals surface area contributed by atoms with Crippen LogP contribution in [0.25, 0.3) is 0 Å².